The summed E-state index contributed by atoms with van der Waals surface area (Å²) in [5.41, 5.74) is 0. The van der Waals surface area contributed by atoms with Crippen molar-refractivity contribution in [1.29, 1.82) is 0 Å². The molecule has 0 saturated heterocycles. The van der Waals surface area contributed by atoms with Crippen LogP contribution in [0.5, 0.6) is 0 Å². The first-order valence-corrected chi connectivity index (χ1v) is 7.33. The topological polar surface area (TPSA) is 17.1 Å². The van der Waals surface area contributed by atoms with Crippen LogP contribution in [0.25, 0.3) is 0 Å². The predicted octanol–water partition coefficient (Wildman–Crippen LogP) is 0.879. The summed E-state index contributed by atoms with van der Waals surface area (Å²) < 4.78 is 9.23. The van der Waals surface area contributed by atoms with Crippen LogP contribution in [0.2, 0.25) is 0 Å². The Bertz CT molecular complexity index is 29.0. The van der Waals surface area contributed by atoms with Gasteiger partial charge in [0.05, 0.1) is 0 Å². The summed E-state index contributed by atoms with van der Waals surface area (Å²) in [7, 11) is 9.31. The van der Waals surface area contributed by atoms with Crippen molar-refractivity contribution in [2.24, 2.45) is 0 Å². The van der Waals surface area contributed by atoms with E-state index in [9.17, 15) is 3.10 Å². The van der Waals surface area contributed by atoms with E-state index in [4.69, 9.17) is 0 Å². The van der Waals surface area contributed by atoms with Gasteiger partial charge in [0.25, 0.3) is 0 Å². The molecule has 0 aliphatic rings. The van der Waals surface area contributed by atoms with Gasteiger partial charge in [-0.1, -0.05) is 0 Å². The van der Waals surface area contributed by atoms with Crippen molar-refractivity contribution in [1.82, 2.24) is 0 Å². The molecule has 0 heterocycles. The minimum atomic E-state index is -2.66. The van der Waals surface area contributed by atoms with Gasteiger partial charge in [0, 0.05) is 0 Å². The third-order valence-electron chi connectivity index (χ3n) is 0. The Morgan fingerprint density at radius 2 is 1.50 bits per heavy atom. The van der Waals surface area contributed by atoms with E-state index in [0.717, 1.165) is 0 Å². The molecule has 4 heteroatoms. The van der Waals surface area contributed by atoms with Crippen LogP contribution < -0.4 is 0 Å². The van der Waals surface area contributed by atoms with Gasteiger partial charge in [-0.3, -0.25) is 0 Å². The standard InChI is InChI=1S/Cl2OTe/c1-4(2)3. The van der Waals surface area contributed by atoms with Gasteiger partial charge in [-0.05, 0) is 0 Å². The maximum atomic E-state index is 9.23. The van der Waals surface area contributed by atoms with E-state index in [1.807, 2.05) is 0 Å². The summed E-state index contributed by atoms with van der Waals surface area (Å²) in [6.45, 7) is 0. The molecule has 0 bridgehead atoms. The van der Waals surface area contributed by atoms with E-state index in [1.165, 1.54) is 0 Å². The summed E-state index contributed by atoms with van der Waals surface area (Å²) in [5, 5.41) is 0. The van der Waals surface area contributed by atoms with Crippen LogP contribution in [0.15, 0.2) is 0 Å². The van der Waals surface area contributed by atoms with Gasteiger partial charge >= 0.3 is 38.3 Å². The molecule has 1 nitrogen and oxygen atoms in total. The first kappa shape index (κ1) is 5.17. The summed E-state index contributed by atoms with van der Waals surface area (Å²) in [5.74, 6) is 0. The van der Waals surface area contributed by atoms with Crippen molar-refractivity contribution in [3.05, 3.63) is 0 Å². The SMILES string of the molecule is O=[Te](Cl)Cl. The molecule has 4 heavy (non-hydrogen) atoms. The van der Waals surface area contributed by atoms with Crippen molar-refractivity contribution in [2.75, 3.05) is 0 Å². The first-order valence-electron chi connectivity index (χ1n) is 0.475. The molecule has 0 amide bonds. The van der Waals surface area contributed by atoms with E-state index in [2.05, 4.69) is 17.9 Å². The fourth-order valence-electron chi connectivity index (χ4n) is 0. The Morgan fingerprint density at radius 1 is 1.50 bits per heavy atom. The van der Waals surface area contributed by atoms with Crippen molar-refractivity contribution in [3.8, 4) is 0 Å². The van der Waals surface area contributed by atoms with Gasteiger partial charge in [0.15, 0.2) is 0 Å². The third kappa shape index (κ3) is 10.9. The Kier molecular flexibility index (Phi) is 3.11. The van der Waals surface area contributed by atoms with Crippen LogP contribution in [-0.4, -0.2) is 17.3 Å². The average Bonchev–Trinajstić information content (AvgIpc) is 0.811. The molecule has 0 radical (unpaired) electrons. The second-order valence-electron chi connectivity index (χ2n) is 0.184. The molecule has 0 rings (SSSR count). The van der Waals surface area contributed by atoms with Gasteiger partial charge in [-0.2, -0.15) is 0 Å². The number of hydrogen-bond donors (Lipinski definition) is 0. The Hall–Kier alpha value is 1.17. The van der Waals surface area contributed by atoms with Crippen LogP contribution in [-0.2, 0) is 3.10 Å². The monoisotopic (exact) mass is 216 g/mol. The van der Waals surface area contributed by atoms with Gasteiger partial charge < -0.3 is 0 Å². The van der Waals surface area contributed by atoms with E-state index < -0.39 is 17.3 Å². The zero-order valence-electron chi connectivity index (χ0n) is 1.57. The summed E-state index contributed by atoms with van der Waals surface area (Å²) >= 11 is -2.66. The molecule has 0 aromatic rings. The molecule has 26 valence electrons. The Morgan fingerprint density at radius 3 is 1.50 bits per heavy atom. The van der Waals surface area contributed by atoms with Crippen molar-refractivity contribution in [3.63, 3.8) is 0 Å². The van der Waals surface area contributed by atoms with Gasteiger partial charge in [-0.15, -0.1) is 0 Å². The van der Waals surface area contributed by atoms with Crippen molar-refractivity contribution < 1.29 is 3.10 Å². The van der Waals surface area contributed by atoms with E-state index >= 15 is 0 Å². The van der Waals surface area contributed by atoms with Gasteiger partial charge in [0.1, 0.15) is 0 Å². The van der Waals surface area contributed by atoms with Crippen LogP contribution in [0, 0.1) is 0 Å². The molecule has 0 aliphatic heterocycles. The molecule has 0 saturated carbocycles. The number of rotatable bonds is 0. The molecule has 0 N–H and O–H groups in total. The molecule has 0 aliphatic carbocycles. The third-order valence-corrected chi connectivity index (χ3v) is 0. The van der Waals surface area contributed by atoms with E-state index in [-0.39, 0.29) is 0 Å². The molecule has 0 unspecified atom stereocenters. The Labute approximate surface area is 38.4 Å². The zero-order valence-corrected chi connectivity index (χ0v) is 5.41. The second-order valence-corrected chi connectivity index (χ2v) is 6.06. The van der Waals surface area contributed by atoms with Crippen molar-refractivity contribution in [2.45, 2.75) is 0 Å². The van der Waals surface area contributed by atoms with Crippen molar-refractivity contribution >= 4 is 35.2 Å². The fourth-order valence-corrected chi connectivity index (χ4v) is 0. The molecule has 0 aromatic carbocycles. The summed E-state index contributed by atoms with van der Waals surface area (Å²) in [6.07, 6.45) is 0. The van der Waals surface area contributed by atoms with Gasteiger partial charge in [-0.25, -0.2) is 0 Å². The molecule has 0 spiro atoms. The zero-order chi connectivity index (χ0) is 3.58. The minimum absolute atomic E-state index is 2.66. The normalized spacial score (nSPS) is 8.75. The van der Waals surface area contributed by atoms with Crippen LogP contribution in [0.4, 0.5) is 0 Å². The first-order chi connectivity index (χ1) is 1.73. The average molecular weight is 215 g/mol. The molecular formula is Cl2OTe. The summed E-state index contributed by atoms with van der Waals surface area (Å²) in [6, 6.07) is 0. The second kappa shape index (κ2) is 2.41. The fraction of sp³-hybridized carbons (Fsp3) is 0. The molecule has 0 fully saturated rings. The van der Waals surface area contributed by atoms with Crippen LogP contribution >= 0.6 is 17.9 Å². The number of halogens is 2. The predicted molar refractivity (Wildman–Crippen MR) is 18.1 cm³/mol. The van der Waals surface area contributed by atoms with E-state index in [1.54, 1.807) is 0 Å². The number of hydrogen-bond acceptors (Lipinski definition) is 1. The van der Waals surface area contributed by atoms with Crippen LogP contribution in [0.1, 0.15) is 0 Å². The Balaban J connectivity index is 2.80. The molecule has 0 atom stereocenters. The summed E-state index contributed by atoms with van der Waals surface area (Å²) in [4.78, 5) is 0. The van der Waals surface area contributed by atoms with Gasteiger partial charge in [0.2, 0.25) is 0 Å². The quantitative estimate of drug-likeness (QED) is 0.547. The molecular weight excluding hydrogens is 215 g/mol. The van der Waals surface area contributed by atoms with Crippen LogP contribution in [0.3, 0.4) is 0 Å². The maximum absolute atomic E-state index is 9.23. The molecule has 0 aromatic heterocycles. The van der Waals surface area contributed by atoms with E-state index in [0.29, 0.717) is 0 Å².